The van der Waals surface area contributed by atoms with Crippen molar-refractivity contribution in [2.24, 2.45) is 5.92 Å². The smallest absolute Gasteiger partial charge is 0.264 e. The Hall–Kier alpha value is -4.80. The van der Waals surface area contributed by atoms with E-state index in [1.807, 2.05) is 60.7 Å². The number of piperidine rings is 2. The van der Waals surface area contributed by atoms with Gasteiger partial charge in [-0.1, -0.05) is 61.5 Å². The zero-order chi connectivity index (χ0) is 35.3. The van der Waals surface area contributed by atoms with Gasteiger partial charge in [0.2, 0.25) is 17.7 Å². The Balaban J connectivity index is 1.27. The Labute approximate surface area is 293 Å². The summed E-state index contributed by atoms with van der Waals surface area (Å²) in [6.45, 7) is 3.53. The molecule has 2 atom stereocenters. The summed E-state index contributed by atoms with van der Waals surface area (Å²) < 4.78 is 0. The van der Waals surface area contributed by atoms with Crippen LogP contribution in [0, 0.1) is 5.92 Å². The molecule has 0 aromatic heterocycles. The highest BCUT2D eigenvalue weighted by Gasteiger charge is 2.53. The minimum atomic E-state index is -1.96. The van der Waals surface area contributed by atoms with Crippen LogP contribution in [0.25, 0.3) is 0 Å². The first-order chi connectivity index (χ1) is 24.2. The molecule has 0 spiro atoms. The summed E-state index contributed by atoms with van der Waals surface area (Å²) in [7, 11) is 0. The van der Waals surface area contributed by atoms with Gasteiger partial charge in [0.15, 0.2) is 5.60 Å². The van der Waals surface area contributed by atoms with Gasteiger partial charge in [-0.05, 0) is 67.1 Å². The quantitative estimate of drug-likeness (QED) is 0.259. The lowest BCUT2D eigenvalue weighted by Crippen LogP contribution is -2.44. The van der Waals surface area contributed by atoms with Crippen molar-refractivity contribution in [3.8, 4) is 0 Å². The Morgan fingerprint density at radius 3 is 2.18 bits per heavy atom. The van der Waals surface area contributed by atoms with Crippen LogP contribution in [0.3, 0.4) is 0 Å². The number of amides is 4. The van der Waals surface area contributed by atoms with E-state index in [1.165, 1.54) is 0 Å². The third-order valence-electron chi connectivity index (χ3n) is 10.1. The fourth-order valence-corrected chi connectivity index (χ4v) is 7.28. The number of fused-ring (bicyclic) bond motifs is 1. The molecule has 6 rings (SSSR count). The number of carbonyl (C=O) groups excluding carboxylic acids is 4. The van der Waals surface area contributed by atoms with Crippen LogP contribution in [0.5, 0.6) is 0 Å². The van der Waals surface area contributed by atoms with Crippen LogP contribution in [-0.4, -0.2) is 65.0 Å². The molecule has 3 heterocycles. The molecule has 2 fully saturated rings. The summed E-state index contributed by atoms with van der Waals surface area (Å²) in [6, 6.07) is 22.6. The van der Waals surface area contributed by atoms with Crippen molar-refractivity contribution in [2.75, 3.05) is 40.9 Å². The number of aliphatic hydroxyl groups excluding tert-OH is 1. The number of hydrogen-bond acceptors (Lipinski definition) is 6. The van der Waals surface area contributed by atoms with Crippen molar-refractivity contribution in [3.63, 3.8) is 0 Å². The van der Waals surface area contributed by atoms with Gasteiger partial charge in [0, 0.05) is 68.3 Å². The summed E-state index contributed by atoms with van der Waals surface area (Å²) in [4.78, 5) is 59.8. The Morgan fingerprint density at radius 2 is 1.52 bits per heavy atom. The predicted octanol–water partition coefficient (Wildman–Crippen LogP) is 5.06. The van der Waals surface area contributed by atoms with Crippen LogP contribution in [0.4, 0.5) is 17.1 Å². The van der Waals surface area contributed by atoms with E-state index in [0.29, 0.717) is 49.4 Å². The minimum absolute atomic E-state index is 0.0133. The van der Waals surface area contributed by atoms with E-state index in [9.17, 15) is 29.4 Å². The second kappa shape index (κ2) is 15.4. The van der Waals surface area contributed by atoms with Crippen LogP contribution >= 0.6 is 0 Å². The number of rotatable bonds is 12. The van der Waals surface area contributed by atoms with E-state index in [2.05, 4.69) is 0 Å². The minimum Gasteiger partial charge on any atom is -0.395 e. The van der Waals surface area contributed by atoms with Gasteiger partial charge in [-0.25, -0.2) is 0 Å². The fourth-order valence-electron chi connectivity index (χ4n) is 7.28. The van der Waals surface area contributed by atoms with Gasteiger partial charge in [0.25, 0.3) is 5.91 Å². The number of carbonyl (C=O) groups is 4. The molecule has 0 saturated carbocycles. The van der Waals surface area contributed by atoms with Gasteiger partial charge >= 0.3 is 0 Å². The second-order valence-electron chi connectivity index (χ2n) is 13.5. The van der Waals surface area contributed by atoms with Crippen molar-refractivity contribution in [1.82, 2.24) is 4.90 Å². The van der Waals surface area contributed by atoms with Crippen LogP contribution in [0.1, 0.15) is 68.6 Å². The van der Waals surface area contributed by atoms with E-state index in [4.69, 9.17) is 0 Å². The Bertz CT molecular complexity index is 1760. The molecule has 3 aliphatic rings. The van der Waals surface area contributed by atoms with E-state index >= 15 is 0 Å². The number of anilines is 3. The van der Waals surface area contributed by atoms with Gasteiger partial charge in [-0.2, -0.15) is 0 Å². The predicted molar refractivity (Wildman–Crippen MR) is 192 cm³/mol. The maximum atomic E-state index is 14.4. The highest BCUT2D eigenvalue weighted by molar-refractivity contribution is 6.08. The molecule has 50 heavy (non-hydrogen) atoms. The third kappa shape index (κ3) is 7.22. The second-order valence-corrected chi connectivity index (χ2v) is 13.5. The molecule has 2 saturated heterocycles. The summed E-state index contributed by atoms with van der Waals surface area (Å²) in [5, 5.41) is 22.0. The molecular weight excluding hydrogens is 632 g/mol. The molecule has 2 N–H and O–H groups in total. The molecule has 262 valence electrons. The lowest BCUT2D eigenvalue weighted by atomic mass is 9.82. The maximum Gasteiger partial charge on any atom is 0.264 e. The first kappa shape index (κ1) is 35.0. The molecule has 10 nitrogen and oxygen atoms in total. The summed E-state index contributed by atoms with van der Waals surface area (Å²) in [5.74, 6) is -1.31. The number of nitrogens with zero attached hydrogens (tertiary/aromatic N) is 4. The molecular formula is C40H46N4O6. The zero-order valence-electron chi connectivity index (χ0n) is 28.7. The van der Waals surface area contributed by atoms with E-state index in [-0.39, 0.29) is 43.8 Å². The molecule has 0 radical (unpaired) electrons. The zero-order valence-corrected chi connectivity index (χ0v) is 28.7. The number of aliphatic hydroxyl groups is 2. The lowest BCUT2D eigenvalue weighted by molar-refractivity contribution is -0.139. The average Bonchev–Trinajstić information content (AvgIpc) is 3.34. The van der Waals surface area contributed by atoms with Crippen molar-refractivity contribution in [2.45, 2.75) is 70.6 Å². The Morgan fingerprint density at radius 1 is 0.860 bits per heavy atom. The van der Waals surface area contributed by atoms with Crippen LogP contribution in [0.2, 0.25) is 0 Å². The molecule has 0 bridgehead atoms. The number of benzene rings is 3. The van der Waals surface area contributed by atoms with E-state index in [1.54, 1.807) is 50.8 Å². The van der Waals surface area contributed by atoms with Crippen molar-refractivity contribution in [1.29, 1.82) is 0 Å². The topological polar surface area (TPSA) is 122 Å². The van der Waals surface area contributed by atoms with Gasteiger partial charge in [-0.15, -0.1) is 0 Å². The first-order valence-corrected chi connectivity index (χ1v) is 17.7. The summed E-state index contributed by atoms with van der Waals surface area (Å²) >= 11 is 0. The monoisotopic (exact) mass is 678 g/mol. The average molecular weight is 679 g/mol. The van der Waals surface area contributed by atoms with Gasteiger partial charge < -0.3 is 29.8 Å². The summed E-state index contributed by atoms with van der Waals surface area (Å²) in [6.07, 6.45) is 7.89. The highest BCUT2D eigenvalue weighted by Crippen LogP contribution is 2.47. The standard InChI is InChI=1S/C40H46N4O6/c1-29(11-9-18-36(46)41(23-24-45)27-30-12-3-2-4-13-30)40(50)34-26-33(43-22-8-6-17-38(43)48)19-20-35(34)44(39(40)49)28-31-14-10-15-32(25-31)42-21-7-5-16-37(42)47/h2-4,9-15,19-20,25-26,29,45,50H,5-8,16-18,21-24,27-28H2,1H3/b11-9+/t29-,40+/m0/s1. The molecule has 3 aromatic carbocycles. The van der Waals surface area contributed by atoms with Crippen LogP contribution < -0.4 is 14.7 Å². The molecule has 4 amide bonds. The fraction of sp³-hybridized carbons (Fsp3) is 0.400. The molecule has 0 aliphatic carbocycles. The first-order valence-electron chi connectivity index (χ1n) is 17.7. The molecule has 3 aromatic rings. The summed E-state index contributed by atoms with van der Waals surface area (Å²) in [5.41, 5.74) is 2.20. The number of hydrogen-bond donors (Lipinski definition) is 2. The van der Waals surface area contributed by atoms with Gasteiger partial charge in [-0.3, -0.25) is 19.2 Å². The SMILES string of the molecule is C[C@@H](/C=C/CC(=O)N(CCO)Cc1ccccc1)[C@]1(O)C(=O)N(Cc2cccc(N3CCCCC3=O)c2)c2ccc(N3CCCCC3=O)cc21. The molecule has 3 aliphatic heterocycles. The van der Waals surface area contributed by atoms with Gasteiger partial charge in [0.1, 0.15) is 0 Å². The highest BCUT2D eigenvalue weighted by atomic mass is 16.3. The van der Waals surface area contributed by atoms with Crippen LogP contribution in [0.15, 0.2) is 84.9 Å². The van der Waals surface area contributed by atoms with Gasteiger partial charge in [0.05, 0.1) is 18.8 Å². The molecule has 0 unspecified atom stereocenters. The molecule has 10 heteroatoms. The van der Waals surface area contributed by atoms with Crippen molar-refractivity contribution >= 4 is 40.7 Å². The third-order valence-corrected chi connectivity index (χ3v) is 10.1. The maximum absolute atomic E-state index is 14.4. The van der Waals surface area contributed by atoms with Crippen molar-refractivity contribution in [3.05, 3.63) is 102 Å². The largest absolute Gasteiger partial charge is 0.395 e. The van der Waals surface area contributed by atoms with E-state index < -0.39 is 17.4 Å². The Kier molecular flexibility index (Phi) is 10.8. The lowest BCUT2D eigenvalue weighted by Gasteiger charge is -2.30. The van der Waals surface area contributed by atoms with Crippen molar-refractivity contribution < 1.29 is 29.4 Å². The van der Waals surface area contributed by atoms with Crippen LogP contribution in [-0.2, 0) is 37.9 Å². The normalized spacial score (nSPS) is 20.1. The van der Waals surface area contributed by atoms with E-state index in [0.717, 1.165) is 42.5 Å².